The van der Waals surface area contributed by atoms with Crippen molar-refractivity contribution in [2.45, 2.75) is 44.6 Å². The average Bonchev–Trinajstić information content (AvgIpc) is 2.67. The zero-order valence-corrected chi connectivity index (χ0v) is 7.79. The van der Waals surface area contributed by atoms with Gasteiger partial charge in [0.2, 0.25) is 0 Å². The van der Waals surface area contributed by atoms with Crippen LogP contribution in [0.5, 0.6) is 0 Å². The third kappa shape index (κ3) is 1.91. The topological polar surface area (TPSA) is 48.9 Å². The summed E-state index contributed by atoms with van der Waals surface area (Å²) in [6, 6.07) is 2.00. The van der Waals surface area contributed by atoms with E-state index >= 15 is 0 Å². The molecule has 1 aromatic heterocycles. The van der Waals surface area contributed by atoms with Crippen molar-refractivity contribution in [3.63, 3.8) is 0 Å². The first-order valence-corrected chi connectivity index (χ1v) is 5.05. The molecule has 1 saturated carbocycles. The van der Waals surface area contributed by atoms with Crippen molar-refractivity contribution in [2.75, 3.05) is 0 Å². The largest absolute Gasteiger partial charge is 0.390 e. The predicted molar refractivity (Wildman–Crippen MR) is 50.3 cm³/mol. The lowest BCUT2D eigenvalue weighted by Crippen LogP contribution is -2.04. The lowest BCUT2D eigenvalue weighted by atomic mass is 9.87. The molecule has 0 spiro atoms. The third-order valence-corrected chi connectivity index (χ3v) is 2.84. The normalized spacial score (nSPS) is 19.2. The maximum atomic E-state index is 8.88. The van der Waals surface area contributed by atoms with Crippen LogP contribution in [0.4, 0.5) is 0 Å². The number of rotatable bonds is 2. The molecule has 2 N–H and O–H groups in total. The molecule has 1 aliphatic carbocycles. The molecule has 0 unspecified atom stereocenters. The zero-order valence-electron chi connectivity index (χ0n) is 7.79. The number of aromatic amines is 1. The fourth-order valence-electron chi connectivity index (χ4n) is 2.07. The van der Waals surface area contributed by atoms with Crippen molar-refractivity contribution < 1.29 is 5.11 Å². The summed E-state index contributed by atoms with van der Waals surface area (Å²) in [5, 5.41) is 16.0. The van der Waals surface area contributed by atoms with E-state index < -0.39 is 0 Å². The minimum absolute atomic E-state index is 0.0692. The number of aromatic nitrogens is 2. The van der Waals surface area contributed by atoms with Gasteiger partial charge in [-0.05, 0) is 18.9 Å². The van der Waals surface area contributed by atoms with Gasteiger partial charge in [-0.2, -0.15) is 5.10 Å². The predicted octanol–water partition coefficient (Wildman–Crippen LogP) is 1.95. The standard InChI is InChI=1S/C10H16N2O/c13-7-9-6-10(12-11-9)8-4-2-1-3-5-8/h6,8,13H,1-5,7H2,(H,11,12). The highest BCUT2D eigenvalue weighted by molar-refractivity contribution is 5.12. The minimum atomic E-state index is 0.0692. The number of nitrogens with zero attached hydrogens (tertiary/aromatic N) is 1. The van der Waals surface area contributed by atoms with Gasteiger partial charge in [-0.25, -0.2) is 0 Å². The molecule has 0 radical (unpaired) electrons. The summed E-state index contributed by atoms with van der Waals surface area (Å²) in [5.41, 5.74) is 1.98. The summed E-state index contributed by atoms with van der Waals surface area (Å²) < 4.78 is 0. The molecule has 1 heterocycles. The first kappa shape index (κ1) is 8.75. The van der Waals surface area contributed by atoms with Gasteiger partial charge in [0, 0.05) is 5.92 Å². The Morgan fingerprint density at radius 1 is 1.38 bits per heavy atom. The van der Waals surface area contributed by atoms with E-state index in [0.717, 1.165) is 11.4 Å². The summed E-state index contributed by atoms with van der Waals surface area (Å²) in [7, 11) is 0. The van der Waals surface area contributed by atoms with Crippen LogP contribution in [0.15, 0.2) is 6.07 Å². The van der Waals surface area contributed by atoms with Crippen molar-refractivity contribution in [1.82, 2.24) is 10.2 Å². The lowest BCUT2D eigenvalue weighted by Gasteiger charge is -2.18. The van der Waals surface area contributed by atoms with Crippen molar-refractivity contribution in [1.29, 1.82) is 0 Å². The molecule has 2 rings (SSSR count). The van der Waals surface area contributed by atoms with Gasteiger partial charge >= 0.3 is 0 Å². The Hall–Kier alpha value is -0.830. The molecular formula is C10H16N2O. The first-order valence-electron chi connectivity index (χ1n) is 5.05. The Balaban J connectivity index is 2.05. The monoisotopic (exact) mass is 180 g/mol. The van der Waals surface area contributed by atoms with Crippen molar-refractivity contribution in [3.05, 3.63) is 17.5 Å². The smallest absolute Gasteiger partial charge is 0.0847 e. The van der Waals surface area contributed by atoms with Gasteiger partial charge in [0.1, 0.15) is 0 Å². The van der Waals surface area contributed by atoms with Gasteiger partial charge in [-0.15, -0.1) is 0 Å². The summed E-state index contributed by atoms with van der Waals surface area (Å²) in [6.07, 6.45) is 6.54. The van der Waals surface area contributed by atoms with Crippen molar-refractivity contribution in [3.8, 4) is 0 Å². The van der Waals surface area contributed by atoms with Gasteiger partial charge < -0.3 is 5.11 Å². The van der Waals surface area contributed by atoms with Gasteiger partial charge in [-0.3, -0.25) is 5.10 Å². The summed E-state index contributed by atoms with van der Waals surface area (Å²) in [6.45, 7) is 0.0692. The highest BCUT2D eigenvalue weighted by Crippen LogP contribution is 2.31. The molecule has 0 amide bonds. The molecule has 0 aromatic carbocycles. The second-order valence-corrected chi connectivity index (χ2v) is 3.81. The number of hydrogen-bond donors (Lipinski definition) is 2. The number of aliphatic hydroxyl groups is 1. The van der Waals surface area contributed by atoms with Gasteiger partial charge in [-0.1, -0.05) is 19.3 Å². The van der Waals surface area contributed by atoms with Gasteiger partial charge in [0.05, 0.1) is 18.0 Å². The molecule has 1 fully saturated rings. The summed E-state index contributed by atoms with van der Waals surface area (Å²) >= 11 is 0. The Bertz CT molecular complexity index is 264. The molecular weight excluding hydrogens is 164 g/mol. The first-order chi connectivity index (χ1) is 6.40. The molecule has 0 bridgehead atoms. The van der Waals surface area contributed by atoms with E-state index in [1.165, 1.54) is 32.1 Å². The number of H-pyrrole nitrogens is 1. The van der Waals surface area contributed by atoms with E-state index in [1.807, 2.05) is 6.07 Å². The number of nitrogens with one attached hydrogen (secondary N) is 1. The average molecular weight is 180 g/mol. The maximum Gasteiger partial charge on any atom is 0.0847 e. The third-order valence-electron chi connectivity index (χ3n) is 2.84. The lowest BCUT2D eigenvalue weighted by molar-refractivity contribution is 0.276. The van der Waals surface area contributed by atoms with E-state index in [4.69, 9.17) is 5.11 Å². The molecule has 0 saturated heterocycles. The molecule has 0 atom stereocenters. The Kier molecular flexibility index (Phi) is 2.64. The van der Waals surface area contributed by atoms with Crippen LogP contribution in [0.25, 0.3) is 0 Å². The van der Waals surface area contributed by atoms with Crippen LogP contribution in [0, 0.1) is 0 Å². The van der Waals surface area contributed by atoms with Gasteiger partial charge in [0.25, 0.3) is 0 Å². The molecule has 3 nitrogen and oxygen atoms in total. The van der Waals surface area contributed by atoms with Crippen LogP contribution < -0.4 is 0 Å². The van der Waals surface area contributed by atoms with E-state index in [0.29, 0.717) is 5.92 Å². The summed E-state index contributed by atoms with van der Waals surface area (Å²) in [4.78, 5) is 0. The Morgan fingerprint density at radius 3 is 2.77 bits per heavy atom. The number of aliphatic hydroxyl groups excluding tert-OH is 1. The fourth-order valence-corrected chi connectivity index (χ4v) is 2.07. The van der Waals surface area contributed by atoms with Crippen molar-refractivity contribution in [2.24, 2.45) is 0 Å². The van der Waals surface area contributed by atoms with Crippen LogP contribution in [0.3, 0.4) is 0 Å². The zero-order chi connectivity index (χ0) is 9.10. The molecule has 0 aliphatic heterocycles. The summed E-state index contributed by atoms with van der Waals surface area (Å²) in [5.74, 6) is 0.630. The second kappa shape index (κ2) is 3.92. The highest BCUT2D eigenvalue weighted by Gasteiger charge is 2.17. The van der Waals surface area contributed by atoms with Crippen LogP contribution in [0.1, 0.15) is 49.4 Å². The van der Waals surface area contributed by atoms with E-state index in [9.17, 15) is 0 Å². The SMILES string of the molecule is OCc1cc(C2CCCCC2)n[nH]1. The quantitative estimate of drug-likeness (QED) is 0.730. The highest BCUT2D eigenvalue weighted by atomic mass is 16.3. The Morgan fingerprint density at radius 2 is 2.15 bits per heavy atom. The van der Waals surface area contributed by atoms with E-state index in [2.05, 4.69) is 10.2 Å². The Labute approximate surface area is 78.2 Å². The second-order valence-electron chi connectivity index (χ2n) is 3.81. The van der Waals surface area contributed by atoms with Crippen LogP contribution in [0.2, 0.25) is 0 Å². The van der Waals surface area contributed by atoms with Crippen molar-refractivity contribution >= 4 is 0 Å². The fraction of sp³-hybridized carbons (Fsp3) is 0.700. The van der Waals surface area contributed by atoms with E-state index in [-0.39, 0.29) is 6.61 Å². The minimum Gasteiger partial charge on any atom is -0.390 e. The number of hydrogen-bond acceptors (Lipinski definition) is 2. The molecule has 72 valence electrons. The maximum absolute atomic E-state index is 8.88. The molecule has 1 aromatic rings. The molecule has 13 heavy (non-hydrogen) atoms. The van der Waals surface area contributed by atoms with E-state index in [1.54, 1.807) is 0 Å². The molecule has 3 heteroatoms. The van der Waals surface area contributed by atoms with Gasteiger partial charge in [0.15, 0.2) is 0 Å². The van der Waals surface area contributed by atoms with Crippen LogP contribution >= 0.6 is 0 Å². The molecule has 1 aliphatic rings. The van der Waals surface area contributed by atoms with Crippen LogP contribution in [-0.4, -0.2) is 15.3 Å². The van der Waals surface area contributed by atoms with Crippen LogP contribution in [-0.2, 0) is 6.61 Å².